The van der Waals surface area contributed by atoms with E-state index in [4.69, 9.17) is 5.73 Å². The smallest absolute Gasteiger partial charge is 0.250 e. The molecule has 0 heterocycles. The number of fused-ring (bicyclic) bond motifs is 3. The van der Waals surface area contributed by atoms with Gasteiger partial charge in [-0.05, 0) is 67.3 Å². The average molecular weight is 485 g/mol. The maximum absolute atomic E-state index is 13.5. The molecule has 4 atom stereocenters. The SMILES string of the molecule is CCN(CCC(C)C)Cc1ccc(O)c2c1CC1CC3CC(O)=C(C(N)=O)C(O)C3C(=O)C1=C2O. The van der Waals surface area contributed by atoms with Crippen molar-refractivity contribution in [1.29, 1.82) is 0 Å². The minimum atomic E-state index is -1.53. The number of phenolic OH excluding ortho intramolecular Hbond substituents is 1. The molecule has 190 valence electrons. The summed E-state index contributed by atoms with van der Waals surface area (Å²) in [6.45, 7) is 8.97. The molecule has 0 aliphatic heterocycles. The van der Waals surface area contributed by atoms with Crippen molar-refractivity contribution in [1.82, 2.24) is 4.90 Å². The lowest BCUT2D eigenvalue weighted by atomic mass is 9.60. The fourth-order valence-corrected chi connectivity index (χ4v) is 6.06. The van der Waals surface area contributed by atoms with E-state index in [0.717, 1.165) is 30.6 Å². The monoisotopic (exact) mass is 484 g/mol. The van der Waals surface area contributed by atoms with Crippen molar-refractivity contribution in [3.63, 3.8) is 0 Å². The van der Waals surface area contributed by atoms with Crippen molar-refractivity contribution >= 4 is 17.4 Å². The van der Waals surface area contributed by atoms with E-state index in [-0.39, 0.29) is 52.2 Å². The molecule has 4 rings (SSSR count). The molecule has 0 saturated heterocycles. The van der Waals surface area contributed by atoms with Gasteiger partial charge in [0.05, 0.1) is 23.2 Å². The quantitative estimate of drug-likeness (QED) is 0.400. The number of nitrogens with two attached hydrogens (primary N) is 1. The molecule has 8 heteroatoms. The second-order valence-electron chi connectivity index (χ2n) is 10.6. The zero-order valence-corrected chi connectivity index (χ0v) is 20.6. The molecule has 0 radical (unpaired) electrons. The van der Waals surface area contributed by atoms with Crippen molar-refractivity contribution in [2.24, 2.45) is 29.4 Å². The van der Waals surface area contributed by atoms with Gasteiger partial charge in [-0.1, -0.05) is 26.8 Å². The topological polar surface area (TPSA) is 144 Å². The predicted molar refractivity (Wildman–Crippen MR) is 131 cm³/mol. The number of Topliss-reactive ketones (excluding diaryl/α,β-unsaturated/α-hetero) is 1. The Kier molecular flexibility index (Phi) is 6.97. The molecular weight excluding hydrogens is 448 g/mol. The predicted octanol–water partition coefficient (Wildman–Crippen LogP) is 2.97. The van der Waals surface area contributed by atoms with Crippen LogP contribution >= 0.6 is 0 Å². The molecule has 1 aromatic rings. The zero-order chi connectivity index (χ0) is 25.6. The number of hydrogen-bond acceptors (Lipinski definition) is 7. The third-order valence-electron chi connectivity index (χ3n) is 7.93. The van der Waals surface area contributed by atoms with Crippen LogP contribution in [0.25, 0.3) is 5.76 Å². The average Bonchev–Trinajstić information content (AvgIpc) is 2.77. The van der Waals surface area contributed by atoms with Crippen LogP contribution in [0.3, 0.4) is 0 Å². The molecule has 0 bridgehead atoms. The number of aromatic hydroxyl groups is 1. The first-order valence-electron chi connectivity index (χ1n) is 12.5. The van der Waals surface area contributed by atoms with E-state index < -0.39 is 23.7 Å². The van der Waals surface area contributed by atoms with Gasteiger partial charge in [0, 0.05) is 18.5 Å². The van der Waals surface area contributed by atoms with E-state index in [2.05, 4.69) is 25.7 Å². The maximum Gasteiger partial charge on any atom is 0.250 e. The lowest BCUT2D eigenvalue weighted by Crippen LogP contribution is -2.49. The number of benzene rings is 1. The molecule has 3 aliphatic carbocycles. The third-order valence-corrected chi connectivity index (χ3v) is 7.93. The Morgan fingerprint density at radius 1 is 1.20 bits per heavy atom. The van der Waals surface area contributed by atoms with Crippen LogP contribution in [0, 0.1) is 23.7 Å². The summed E-state index contributed by atoms with van der Waals surface area (Å²) in [7, 11) is 0. The van der Waals surface area contributed by atoms with Gasteiger partial charge in [-0.2, -0.15) is 0 Å². The summed E-state index contributed by atoms with van der Waals surface area (Å²) in [6, 6.07) is 3.44. The number of rotatable bonds is 7. The Bertz CT molecular complexity index is 1110. The minimum absolute atomic E-state index is 0.0782. The van der Waals surface area contributed by atoms with Crippen LogP contribution in [0.5, 0.6) is 5.75 Å². The maximum atomic E-state index is 13.5. The van der Waals surface area contributed by atoms with Crippen LogP contribution in [0.4, 0.5) is 0 Å². The molecule has 1 saturated carbocycles. The van der Waals surface area contributed by atoms with E-state index in [9.17, 15) is 30.0 Å². The molecular formula is C27H36N2O6. The Hall–Kier alpha value is -2.84. The van der Waals surface area contributed by atoms with Gasteiger partial charge in [0.2, 0.25) is 0 Å². The Morgan fingerprint density at radius 3 is 2.54 bits per heavy atom. The molecule has 1 fully saturated rings. The lowest BCUT2D eigenvalue weighted by molar-refractivity contribution is -0.129. The van der Waals surface area contributed by atoms with E-state index in [1.807, 2.05) is 6.07 Å². The highest BCUT2D eigenvalue weighted by Gasteiger charge is 2.51. The molecule has 4 unspecified atom stereocenters. The van der Waals surface area contributed by atoms with Crippen molar-refractivity contribution in [3.05, 3.63) is 45.7 Å². The van der Waals surface area contributed by atoms with Gasteiger partial charge in [-0.15, -0.1) is 0 Å². The van der Waals surface area contributed by atoms with Gasteiger partial charge >= 0.3 is 0 Å². The molecule has 35 heavy (non-hydrogen) atoms. The molecule has 1 aromatic carbocycles. The second-order valence-corrected chi connectivity index (χ2v) is 10.6. The molecule has 3 aliphatic rings. The minimum Gasteiger partial charge on any atom is -0.512 e. The fraction of sp³-hybridized carbons (Fsp3) is 0.556. The van der Waals surface area contributed by atoms with E-state index in [0.29, 0.717) is 25.3 Å². The summed E-state index contributed by atoms with van der Waals surface area (Å²) < 4.78 is 0. The highest BCUT2D eigenvalue weighted by atomic mass is 16.3. The van der Waals surface area contributed by atoms with Crippen LogP contribution in [0.2, 0.25) is 0 Å². The normalized spacial score (nSPS) is 26.2. The van der Waals surface area contributed by atoms with Crippen molar-refractivity contribution in [2.75, 3.05) is 13.1 Å². The van der Waals surface area contributed by atoms with Crippen LogP contribution in [0.15, 0.2) is 29.0 Å². The summed E-state index contributed by atoms with van der Waals surface area (Å²) in [5.41, 5.74) is 7.30. The second kappa shape index (κ2) is 9.66. The molecule has 0 spiro atoms. The van der Waals surface area contributed by atoms with Crippen LogP contribution in [0.1, 0.15) is 56.7 Å². The number of primary amides is 1. The van der Waals surface area contributed by atoms with Gasteiger partial charge in [0.25, 0.3) is 5.91 Å². The van der Waals surface area contributed by atoms with Crippen molar-refractivity contribution in [3.8, 4) is 5.75 Å². The van der Waals surface area contributed by atoms with Crippen LogP contribution < -0.4 is 5.73 Å². The van der Waals surface area contributed by atoms with Gasteiger partial charge in [0.1, 0.15) is 17.3 Å². The number of phenols is 1. The largest absolute Gasteiger partial charge is 0.512 e. The molecule has 6 N–H and O–H groups in total. The third kappa shape index (κ3) is 4.45. The Balaban J connectivity index is 1.72. The lowest BCUT2D eigenvalue weighted by Gasteiger charge is -2.43. The van der Waals surface area contributed by atoms with Crippen molar-refractivity contribution < 1.29 is 30.0 Å². The first-order valence-corrected chi connectivity index (χ1v) is 12.5. The number of carbonyl (C=O) groups excluding carboxylic acids is 2. The highest BCUT2D eigenvalue weighted by molar-refractivity contribution is 6.07. The van der Waals surface area contributed by atoms with E-state index in [1.165, 1.54) is 0 Å². The summed E-state index contributed by atoms with van der Waals surface area (Å²) in [6.07, 6.45) is 0.548. The summed E-state index contributed by atoms with van der Waals surface area (Å²) in [5, 5.41) is 43.0. The zero-order valence-electron chi connectivity index (χ0n) is 20.6. The Morgan fingerprint density at radius 2 is 1.91 bits per heavy atom. The summed E-state index contributed by atoms with van der Waals surface area (Å²) in [4.78, 5) is 27.7. The van der Waals surface area contributed by atoms with Gasteiger partial charge in [-0.3, -0.25) is 14.5 Å². The van der Waals surface area contributed by atoms with Gasteiger partial charge in [-0.25, -0.2) is 0 Å². The first kappa shape index (κ1) is 25.3. The first-order chi connectivity index (χ1) is 16.5. The molecule has 8 nitrogen and oxygen atoms in total. The number of ketones is 1. The van der Waals surface area contributed by atoms with Crippen molar-refractivity contribution in [2.45, 2.75) is 59.1 Å². The number of allylic oxidation sites excluding steroid dienone is 2. The highest BCUT2D eigenvalue weighted by Crippen LogP contribution is 2.51. The number of nitrogens with zero attached hydrogens (tertiary/aromatic N) is 1. The van der Waals surface area contributed by atoms with E-state index in [1.54, 1.807) is 6.07 Å². The summed E-state index contributed by atoms with van der Waals surface area (Å²) in [5.74, 6) is -3.10. The number of hydrogen-bond donors (Lipinski definition) is 5. The number of carbonyl (C=O) groups is 2. The van der Waals surface area contributed by atoms with Gasteiger partial charge in [0.15, 0.2) is 5.78 Å². The molecule has 0 aromatic heterocycles. The fourth-order valence-electron chi connectivity index (χ4n) is 6.06. The summed E-state index contributed by atoms with van der Waals surface area (Å²) >= 11 is 0. The van der Waals surface area contributed by atoms with Crippen LogP contribution in [-0.2, 0) is 22.6 Å². The van der Waals surface area contributed by atoms with Gasteiger partial charge < -0.3 is 26.2 Å². The van der Waals surface area contributed by atoms with Crippen LogP contribution in [-0.4, -0.2) is 56.2 Å². The Labute approximate surface area is 205 Å². The van der Waals surface area contributed by atoms with E-state index >= 15 is 0 Å². The molecule has 1 amide bonds. The number of amides is 1. The standard InChI is InChI=1S/C27H36N2O6/c1-4-29(8-7-13(2)3)12-14-5-6-18(30)22-17(14)10-15-9-16-11-19(31)23(27(28)35)26(34)21(16)24(32)20(15)25(22)33/h5-6,13,15-16,21,26,30-31,33-34H,4,7-12H2,1-3H3,(H2,28,35). The number of aliphatic hydroxyl groups is 3. The number of aliphatic hydroxyl groups excluding tert-OH is 3.